The van der Waals surface area contributed by atoms with Gasteiger partial charge in [-0.25, -0.2) is 0 Å². The molecule has 3 rings (SSSR count). The van der Waals surface area contributed by atoms with Gasteiger partial charge in [-0.2, -0.15) is 0 Å². The number of nitrogens with two attached hydrogens (primary N) is 1. The van der Waals surface area contributed by atoms with Crippen LogP contribution in [-0.2, 0) is 0 Å². The Labute approximate surface area is 112 Å². The number of fused-ring (bicyclic) bond motifs is 1. The molecule has 3 nitrogen and oxygen atoms in total. The van der Waals surface area contributed by atoms with Gasteiger partial charge in [0, 0.05) is 17.3 Å². The predicted molar refractivity (Wildman–Crippen MR) is 76.7 cm³/mol. The lowest BCUT2D eigenvalue weighted by atomic mass is 10.0. The quantitative estimate of drug-likeness (QED) is 0.759. The molecule has 0 fully saturated rings. The van der Waals surface area contributed by atoms with E-state index in [1.54, 1.807) is 6.20 Å². The number of aromatic nitrogens is 2. The van der Waals surface area contributed by atoms with Crippen LogP contribution in [0.4, 0.5) is 0 Å². The van der Waals surface area contributed by atoms with Gasteiger partial charge in [-0.15, -0.1) is 0 Å². The first-order chi connectivity index (χ1) is 9.24. The van der Waals surface area contributed by atoms with Crippen LogP contribution in [0, 0.1) is 6.92 Å². The molecule has 0 radical (unpaired) electrons. The Balaban J connectivity index is 2.04. The van der Waals surface area contributed by atoms with Gasteiger partial charge in [-0.1, -0.05) is 24.3 Å². The molecule has 94 valence electrons. The molecule has 0 aliphatic carbocycles. The van der Waals surface area contributed by atoms with E-state index < -0.39 is 0 Å². The first kappa shape index (κ1) is 11.8. The SMILES string of the molecule is Cc1cccc(C(N)c2ccc3cccnc3c2)n1. The zero-order valence-corrected chi connectivity index (χ0v) is 10.7. The van der Waals surface area contributed by atoms with E-state index in [-0.39, 0.29) is 6.04 Å². The molecule has 0 saturated heterocycles. The van der Waals surface area contributed by atoms with Gasteiger partial charge >= 0.3 is 0 Å². The molecule has 0 aliphatic rings. The van der Waals surface area contributed by atoms with Crippen LogP contribution in [0.2, 0.25) is 0 Å². The lowest BCUT2D eigenvalue weighted by Gasteiger charge is -2.12. The fourth-order valence-electron chi connectivity index (χ4n) is 2.19. The zero-order chi connectivity index (χ0) is 13.2. The maximum atomic E-state index is 6.29. The van der Waals surface area contributed by atoms with E-state index in [0.29, 0.717) is 0 Å². The monoisotopic (exact) mass is 249 g/mol. The average Bonchev–Trinajstić information content (AvgIpc) is 2.46. The molecule has 19 heavy (non-hydrogen) atoms. The molecule has 0 amide bonds. The maximum absolute atomic E-state index is 6.29. The lowest BCUT2D eigenvalue weighted by Crippen LogP contribution is -2.13. The zero-order valence-electron chi connectivity index (χ0n) is 10.7. The Morgan fingerprint density at radius 1 is 1.05 bits per heavy atom. The van der Waals surface area contributed by atoms with Crippen molar-refractivity contribution >= 4 is 10.9 Å². The van der Waals surface area contributed by atoms with Crippen LogP contribution < -0.4 is 5.73 Å². The third-order valence-corrected chi connectivity index (χ3v) is 3.22. The van der Waals surface area contributed by atoms with Gasteiger partial charge < -0.3 is 5.73 Å². The summed E-state index contributed by atoms with van der Waals surface area (Å²) >= 11 is 0. The van der Waals surface area contributed by atoms with Gasteiger partial charge in [0.05, 0.1) is 17.3 Å². The van der Waals surface area contributed by atoms with Crippen LogP contribution >= 0.6 is 0 Å². The second-order valence-electron chi connectivity index (χ2n) is 4.64. The second kappa shape index (κ2) is 4.78. The minimum Gasteiger partial charge on any atom is -0.319 e. The molecule has 1 atom stereocenters. The van der Waals surface area contributed by atoms with Crippen LogP contribution in [0.15, 0.2) is 54.7 Å². The van der Waals surface area contributed by atoms with Crippen molar-refractivity contribution in [2.45, 2.75) is 13.0 Å². The van der Waals surface area contributed by atoms with Crippen LogP contribution in [0.25, 0.3) is 10.9 Å². The molecule has 1 unspecified atom stereocenters. The highest BCUT2D eigenvalue weighted by molar-refractivity contribution is 5.79. The Morgan fingerprint density at radius 2 is 1.95 bits per heavy atom. The summed E-state index contributed by atoms with van der Waals surface area (Å²) in [6.07, 6.45) is 1.79. The van der Waals surface area contributed by atoms with Crippen molar-refractivity contribution in [1.29, 1.82) is 0 Å². The highest BCUT2D eigenvalue weighted by Gasteiger charge is 2.11. The number of benzene rings is 1. The fraction of sp³-hybridized carbons (Fsp3) is 0.125. The van der Waals surface area contributed by atoms with Crippen molar-refractivity contribution in [2.75, 3.05) is 0 Å². The Morgan fingerprint density at radius 3 is 2.79 bits per heavy atom. The molecule has 0 bridgehead atoms. The predicted octanol–water partition coefficient (Wildman–Crippen LogP) is 2.99. The molecule has 3 heteroatoms. The number of hydrogen-bond acceptors (Lipinski definition) is 3. The third-order valence-electron chi connectivity index (χ3n) is 3.22. The van der Waals surface area contributed by atoms with Crippen LogP contribution in [-0.4, -0.2) is 9.97 Å². The summed E-state index contributed by atoms with van der Waals surface area (Å²) in [5, 5.41) is 1.12. The number of rotatable bonds is 2. The summed E-state index contributed by atoms with van der Waals surface area (Å²) in [6, 6.07) is 15.8. The molecule has 2 aromatic heterocycles. The molecule has 1 aromatic carbocycles. The van der Waals surface area contributed by atoms with E-state index in [9.17, 15) is 0 Å². The van der Waals surface area contributed by atoms with E-state index in [1.165, 1.54) is 0 Å². The molecular formula is C16H15N3. The van der Waals surface area contributed by atoms with Crippen LogP contribution in [0.3, 0.4) is 0 Å². The van der Waals surface area contributed by atoms with E-state index in [4.69, 9.17) is 5.73 Å². The van der Waals surface area contributed by atoms with E-state index in [0.717, 1.165) is 27.9 Å². The van der Waals surface area contributed by atoms with Crippen molar-refractivity contribution < 1.29 is 0 Å². The summed E-state index contributed by atoms with van der Waals surface area (Å²) < 4.78 is 0. The average molecular weight is 249 g/mol. The van der Waals surface area contributed by atoms with Gasteiger partial charge in [0.15, 0.2) is 0 Å². The van der Waals surface area contributed by atoms with Crippen molar-refractivity contribution in [1.82, 2.24) is 9.97 Å². The van der Waals surface area contributed by atoms with Gasteiger partial charge in [-0.05, 0) is 36.8 Å². The van der Waals surface area contributed by atoms with Crippen molar-refractivity contribution in [3.05, 3.63) is 71.7 Å². The van der Waals surface area contributed by atoms with Gasteiger partial charge in [0.25, 0.3) is 0 Å². The van der Waals surface area contributed by atoms with E-state index in [2.05, 4.69) is 9.97 Å². The minimum atomic E-state index is -0.216. The van der Waals surface area contributed by atoms with Gasteiger partial charge in [0.2, 0.25) is 0 Å². The van der Waals surface area contributed by atoms with Gasteiger partial charge in [-0.3, -0.25) is 9.97 Å². The largest absolute Gasteiger partial charge is 0.319 e. The molecule has 2 heterocycles. The number of pyridine rings is 2. The number of aryl methyl sites for hydroxylation is 1. The highest BCUT2D eigenvalue weighted by atomic mass is 14.8. The van der Waals surface area contributed by atoms with Crippen LogP contribution in [0.5, 0.6) is 0 Å². The van der Waals surface area contributed by atoms with Crippen molar-refractivity contribution in [3.8, 4) is 0 Å². The third kappa shape index (κ3) is 2.33. The van der Waals surface area contributed by atoms with E-state index >= 15 is 0 Å². The number of nitrogens with zero attached hydrogens (tertiary/aromatic N) is 2. The molecule has 0 saturated carbocycles. The second-order valence-corrected chi connectivity index (χ2v) is 4.64. The normalized spacial score (nSPS) is 12.5. The first-order valence-electron chi connectivity index (χ1n) is 6.28. The number of hydrogen-bond donors (Lipinski definition) is 1. The molecule has 3 aromatic rings. The van der Waals surface area contributed by atoms with Gasteiger partial charge in [0.1, 0.15) is 0 Å². The fourth-order valence-corrected chi connectivity index (χ4v) is 2.19. The molecule has 0 spiro atoms. The van der Waals surface area contributed by atoms with Crippen LogP contribution in [0.1, 0.15) is 23.0 Å². The Bertz CT molecular complexity index is 722. The summed E-state index contributed by atoms with van der Waals surface area (Å²) in [4.78, 5) is 8.84. The minimum absolute atomic E-state index is 0.216. The first-order valence-corrected chi connectivity index (χ1v) is 6.28. The molecule has 0 aliphatic heterocycles. The molecular weight excluding hydrogens is 234 g/mol. The summed E-state index contributed by atoms with van der Waals surface area (Å²) in [7, 11) is 0. The summed E-state index contributed by atoms with van der Waals surface area (Å²) in [5.74, 6) is 0. The maximum Gasteiger partial charge on any atom is 0.0727 e. The lowest BCUT2D eigenvalue weighted by molar-refractivity contribution is 0.822. The van der Waals surface area contributed by atoms with Crippen molar-refractivity contribution in [3.63, 3.8) is 0 Å². The highest BCUT2D eigenvalue weighted by Crippen LogP contribution is 2.21. The summed E-state index contributed by atoms with van der Waals surface area (Å²) in [6.45, 7) is 1.97. The van der Waals surface area contributed by atoms with Crippen molar-refractivity contribution in [2.24, 2.45) is 5.73 Å². The Hall–Kier alpha value is -2.26. The Kier molecular flexibility index (Phi) is 2.97. The smallest absolute Gasteiger partial charge is 0.0727 e. The summed E-state index contributed by atoms with van der Waals surface area (Å²) in [5.41, 5.74) is 10.1. The molecule has 2 N–H and O–H groups in total. The standard InChI is InChI=1S/C16H15N3/c1-11-4-2-6-14(19-11)16(17)13-8-7-12-5-3-9-18-15(12)10-13/h2-10,16H,17H2,1H3. The van der Waals surface area contributed by atoms with E-state index in [1.807, 2.05) is 55.5 Å². The topological polar surface area (TPSA) is 51.8 Å².